The van der Waals surface area contributed by atoms with E-state index in [0.29, 0.717) is 17.6 Å². The van der Waals surface area contributed by atoms with Crippen LogP contribution in [0.25, 0.3) is 10.9 Å². The first-order valence-electron chi connectivity index (χ1n) is 7.92. The summed E-state index contributed by atoms with van der Waals surface area (Å²) in [6.45, 7) is 1.35. The number of halogens is 2. The van der Waals surface area contributed by atoms with Crippen molar-refractivity contribution >= 4 is 46.0 Å². The molecule has 140 valence electrons. The fourth-order valence-electron chi connectivity index (χ4n) is 2.84. The molecule has 0 radical (unpaired) electrons. The van der Waals surface area contributed by atoms with Gasteiger partial charge in [-0.15, -0.1) is 0 Å². The van der Waals surface area contributed by atoms with Gasteiger partial charge in [0, 0.05) is 17.6 Å². The Morgan fingerprint density at radius 1 is 1.22 bits per heavy atom. The third kappa shape index (κ3) is 3.56. The molecule has 1 amide bonds. The Bertz CT molecular complexity index is 1050. The van der Waals surface area contributed by atoms with Crippen LogP contribution in [0.4, 0.5) is 0 Å². The number of aromatic nitrogens is 2. The molecule has 0 saturated carbocycles. The van der Waals surface area contributed by atoms with Gasteiger partial charge in [0.1, 0.15) is 11.7 Å². The zero-order chi connectivity index (χ0) is 19.7. The normalized spacial score (nSPS) is 10.9. The number of hydrogen-bond acceptors (Lipinski definition) is 4. The van der Waals surface area contributed by atoms with Crippen molar-refractivity contribution in [2.24, 2.45) is 0 Å². The Hall–Kier alpha value is -2.77. The predicted molar refractivity (Wildman–Crippen MR) is 102 cm³/mol. The highest BCUT2D eigenvalue weighted by atomic mass is 35.5. The Morgan fingerprint density at radius 2 is 1.89 bits per heavy atom. The van der Waals surface area contributed by atoms with E-state index >= 15 is 0 Å². The van der Waals surface area contributed by atoms with Crippen LogP contribution in [0.3, 0.4) is 0 Å². The number of fused-ring (bicyclic) bond motifs is 1. The summed E-state index contributed by atoms with van der Waals surface area (Å²) in [4.78, 5) is 27.0. The lowest BCUT2D eigenvalue weighted by Crippen LogP contribution is -2.30. The van der Waals surface area contributed by atoms with Gasteiger partial charge in [0.15, 0.2) is 11.4 Å². The summed E-state index contributed by atoms with van der Waals surface area (Å²) in [5, 5.41) is 22.5. The summed E-state index contributed by atoms with van der Waals surface area (Å²) in [6.07, 6.45) is 0. The molecule has 0 fully saturated rings. The number of nitrogens with one attached hydrogen (secondary N) is 1. The average Bonchev–Trinajstić information content (AvgIpc) is 2.89. The molecule has 7 nitrogen and oxygen atoms in total. The lowest BCUT2D eigenvalue weighted by molar-refractivity contribution is -0.135. The molecule has 0 unspecified atom stereocenters. The standard InChI is InChI=1S/C18H15Cl2N3O4/c1-9-12-13(19)17(20)23(8-10-5-3-2-4-6-10)15(12)16(26)14(22-9)18(27)21-7-11(24)25/h2-6,26H,7-8H2,1H3,(H,21,27)(H,24,25). The highest BCUT2D eigenvalue weighted by Gasteiger charge is 2.25. The van der Waals surface area contributed by atoms with Crippen molar-refractivity contribution in [2.75, 3.05) is 6.54 Å². The van der Waals surface area contributed by atoms with Crippen LogP contribution in [0.1, 0.15) is 21.7 Å². The summed E-state index contributed by atoms with van der Waals surface area (Å²) in [6, 6.07) is 9.40. The van der Waals surface area contributed by atoms with Crippen LogP contribution < -0.4 is 5.32 Å². The molecule has 2 heterocycles. The van der Waals surface area contributed by atoms with E-state index in [2.05, 4.69) is 10.3 Å². The molecule has 3 rings (SSSR count). The van der Waals surface area contributed by atoms with E-state index in [9.17, 15) is 14.7 Å². The number of carbonyl (C=O) groups excluding carboxylic acids is 1. The summed E-state index contributed by atoms with van der Waals surface area (Å²) >= 11 is 12.7. The first-order chi connectivity index (χ1) is 12.8. The van der Waals surface area contributed by atoms with Crippen molar-refractivity contribution in [3.05, 3.63) is 57.5 Å². The molecule has 3 aromatic rings. The van der Waals surface area contributed by atoms with Gasteiger partial charge >= 0.3 is 5.97 Å². The van der Waals surface area contributed by atoms with Crippen molar-refractivity contribution in [1.29, 1.82) is 0 Å². The van der Waals surface area contributed by atoms with Crippen LogP contribution in [-0.4, -0.2) is 38.2 Å². The number of nitrogens with zero attached hydrogens (tertiary/aromatic N) is 2. The second-order valence-corrected chi connectivity index (χ2v) is 6.61. The largest absolute Gasteiger partial charge is 0.504 e. The van der Waals surface area contributed by atoms with Crippen molar-refractivity contribution in [3.8, 4) is 5.75 Å². The van der Waals surface area contributed by atoms with Gasteiger partial charge in [-0.25, -0.2) is 4.98 Å². The molecular weight excluding hydrogens is 393 g/mol. The number of pyridine rings is 1. The molecule has 27 heavy (non-hydrogen) atoms. The molecular formula is C18H15Cl2N3O4. The minimum absolute atomic E-state index is 0.207. The van der Waals surface area contributed by atoms with Gasteiger partial charge in [-0.2, -0.15) is 0 Å². The van der Waals surface area contributed by atoms with Gasteiger partial charge in [-0.05, 0) is 12.5 Å². The fourth-order valence-corrected chi connectivity index (χ4v) is 3.40. The Kier molecular flexibility index (Phi) is 5.25. The van der Waals surface area contributed by atoms with Gasteiger partial charge < -0.3 is 20.1 Å². The lowest BCUT2D eigenvalue weighted by Gasteiger charge is -2.11. The second kappa shape index (κ2) is 7.46. The number of rotatable bonds is 5. The van der Waals surface area contributed by atoms with E-state index in [1.807, 2.05) is 30.3 Å². The fraction of sp³-hybridized carbons (Fsp3) is 0.167. The number of aryl methyl sites for hydroxylation is 1. The SMILES string of the molecule is Cc1nc(C(=O)NCC(=O)O)c(O)c2c1c(Cl)c(Cl)n2Cc1ccccc1. The van der Waals surface area contributed by atoms with E-state index in [1.165, 1.54) is 0 Å². The van der Waals surface area contributed by atoms with Crippen LogP contribution in [-0.2, 0) is 11.3 Å². The maximum atomic E-state index is 12.3. The number of aromatic hydroxyl groups is 1. The zero-order valence-corrected chi connectivity index (χ0v) is 15.7. The van der Waals surface area contributed by atoms with Gasteiger partial charge in [0.25, 0.3) is 5.91 Å². The van der Waals surface area contributed by atoms with Gasteiger partial charge in [0.2, 0.25) is 0 Å². The lowest BCUT2D eigenvalue weighted by atomic mass is 10.1. The summed E-state index contributed by atoms with van der Waals surface area (Å²) in [5.41, 5.74) is 1.28. The summed E-state index contributed by atoms with van der Waals surface area (Å²) in [5.74, 6) is -2.43. The van der Waals surface area contributed by atoms with Crippen molar-refractivity contribution in [1.82, 2.24) is 14.9 Å². The van der Waals surface area contributed by atoms with Gasteiger partial charge in [-0.1, -0.05) is 53.5 Å². The molecule has 9 heteroatoms. The van der Waals surface area contributed by atoms with Crippen LogP contribution in [0.2, 0.25) is 10.2 Å². The molecule has 1 aromatic carbocycles. The number of benzene rings is 1. The maximum Gasteiger partial charge on any atom is 0.322 e. The quantitative estimate of drug-likeness (QED) is 0.602. The first-order valence-corrected chi connectivity index (χ1v) is 8.67. The van der Waals surface area contributed by atoms with E-state index in [-0.39, 0.29) is 21.4 Å². The minimum atomic E-state index is -1.21. The molecule has 2 aromatic heterocycles. The maximum absolute atomic E-state index is 12.3. The molecule has 0 atom stereocenters. The zero-order valence-electron chi connectivity index (χ0n) is 14.2. The monoisotopic (exact) mass is 407 g/mol. The molecule has 0 aliphatic carbocycles. The van der Waals surface area contributed by atoms with E-state index in [4.69, 9.17) is 28.3 Å². The highest BCUT2D eigenvalue weighted by molar-refractivity contribution is 6.45. The van der Waals surface area contributed by atoms with Crippen molar-refractivity contribution < 1.29 is 19.8 Å². The van der Waals surface area contributed by atoms with Crippen LogP contribution >= 0.6 is 23.2 Å². The van der Waals surface area contributed by atoms with Gasteiger partial charge in [0.05, 0.1) is 10.5 Å². The Balaban J connectivity index is 2.17. The summed E-state index contributed by atoms with van der Waals surface area (Å²) in [7, 11) is 0. The number of amides is 1. The number of carboxylic acid groups (broad SMARTS) is 1. The van der Waals surface area contributed by atoms with E-state index in [1.54, 1.807) is 11.5 Å². The highest BCUT2D eigenvalue weighted by Crippen LogP contribution is 2.41. The Morgan fingerprint density at radius 3 is 2.52 bits per heavy atom. The summed E-state index contributed by atoms with van der Waals surface area (Å²) < 4.78 is 1.59. The average molecular weight is 408 g/mol. The molecule has 0 aliphatic rings. The number of carboxylic acids is 1. The molecule has 3 N–H and O–H groups in total. The number of hydrogen-bond donors (Lipinski definition) is 3. The number of aliphatic carboxylic acids is 1. The van der Waals surface area contributed by atoms with Crippen LogP contribution in [0.5, 0.6) is 5.75 Å². The molecule has 0 saturated heterocycles. The second-order valence-electron chi connectivity index (χ2n) is 5.87. The van der Waals surface area contributed by atoms with Crippen molar-refractivity contribution in [3.63, 3.8) is 0 Å². The predicted octanol–water partition coefficient (Wildman–Crippen LogP) is 3.22. The number of carbonyl (C=O) groups is 2. The van der Waals surface area contributed by atoms with Crippen LogP contribution in [0.15, 0.2) is 30.3 Å². The first kappa shape index (κ1) is 19.0. The minimum Gasteiger partial charge on any atom is -0.504 e. The molecule has 0 aliphatic heterocycles. The van der Waals surface area contributed by atoms with Crippen LogP contribution in [0, 0.1) is 6.92 Å². The van der Waals surface area contributed by atoms with Gasteiger partial charge in [-0.3, -0.25) is 9.59 Å². The van der Waals surface area contributed by atoms with E-state index in [0.717, 1.165) is 5.56 Å². The smallest absolute Gasteiger partial charge is 0.322 e. The Labute approximate surface area is 164 Å². The topological polar surface area (TPSA) is 104 Å². The van der Waals surface area contributed by atoms with Crippen molar-refractivity contribution in [2.45, 2.75) is 13.5 Å². The van der Waals surface area contributed by atoms with E-state index < -0.39 is 24.2 Å². The third-order valence-corrected chi connectivity index (χ3v) is 4.89. The molecule has 0 bridgehead atoms. The molecule has 0 spiro atoms. The third-order valence-electron chi connectivity index (χ3n) is 4.03.